The molecule has 0 unspecified atom stereocenters. The van der Waals surface area contributed by atoms with Crippen molar-refractivity contribution in [1.29, 1.82) is 0 Å². The maximum absolute atomic E-state index is 12.5. The average molecular weight is 331 g/mol. The molecule has 24 heavy (non-hydrogen) atoms. The number of carbonyl (C=O) groups is 1. The molecule has 1 aromatic heterocycles. The number of aromatic nitrogens is 2. The third-order valence-electron chi connectivity index (χ3n) is 4.57. The van der Waals surface area contributed by atoms with Crippen LogP contribution < -0.4 is 10.9 Å². The molecule has 2 N–H and O–H groups in total. The fourth-order valence-corrected chi connectivity index (χ4v) is 2.57. The van der Waals surface area contributed by atoms with Gasteiger partial charge in [0, 0.05) is 19.5 Å². The summed E-state index contributed by atoms with van der Waals surface area (Å²) in [5.41, 5.74) is 0.635. The van der Waals surface area contributed by atoms with E-state index in [1.807, 2.05) is 32.9 Å². The molecule has 0 aliphatic rings. The molecular formula is C18H25N3O3. The first-order valence-electron chi connectivity index (χ1n) is 8.34. The van der Waals surface area contributed by atoms with Crippen molar-refractivity contribution in [2.24, 2.45) is 0 Å². The lowest BCUT2D eigenvalue weighted by atomic mass is 9.97. The number of nitrogens with one attached hydrogen (secondary N) is 1. The zero-order valence-corrected chi connectivity index (χ0v) is 14.5. The van der Waals surface area contributed by atoms with E-state index in [-0.39, 0.29) is 31.0 Å². The standard InChI is InChI=1S/C18H25N3O3/c1-4-18(24,5-2)11-19-15(22)9-10-21-12-20-16-13(3)7-6-8-14(16)17(21)23/h6-8,12,24H,4-5,9-11H2,1-3H3,(H,19,22). The number of fused-ring (bicyclic) bond motifs is 1. The Bertz CT molecular complexity index is 779. The second-order valence-corrected chi connectivity index (χ2v) is 6.17. The van der Waals surface area contributed by atoms with Gasteiger partial charge in [0.25, 0.3) is 5.56 Å². The molecule has 1 heterocycles. The number of para-hydroxylation sites is 1. The minimum Gasteiger partial charge on any atom is -0.388 e. The zero-order chi connectivity index (χ0) is 17.7. The molecule has 6 nitrogen and oxygen atoms in total. The zero-order valence-electron chi connectivity index (χ0n) is 14.5. The number of nitrogens with zero attached hydrogens (tertiary/aromatic N) is 2. The molecular weight excluding hydrogens is 306 g/mol. The van der Waals surface area contributed by atoms with E-state index in [9.17, 15) is 14.7 Å². The Balaban J connectivity index is 2.02. The van der Waals surface area contributed by atoms with Gasteiger partial charge in [-0.1, -0.05) is 26.0 Å². The second-order valence-electron chi connectivity index (χ2n) is 6.17. The summed E-state index contributed by atoms with van der Waals surface area (Å²) in [6, 6.07) is 5.49. The van der Waals surface area contributed by atoms with Crippen LogP contribution in [-0.2, 0) is 11.3 Å². The SMILES string of the molecule is CCC(O)(CC)CNC(=O)CCn1cnc2c(C)cccc2c1=O. The third-order valence-corrected chi connectivity index (χ3v) is 4.57. The van der Waals surface area contributed by atoms with Crippen LogP contribution in [0.2, 0.25) is 0 Å². The van der Waals surface area contributed by atoms with Gasteiger partial charge in [0.1, 0.15) is 0 Å². The number of aliphatic hydroxyl groups is 1. The lowest BCUT2D eigenvalue weighted by Crippen LogP contribution is -2.42. The van der Waals surface area contributed by atoms with E-state index in [1.54, 1.807) is 6.07 Å². The molecule has 1 amide bonds. The van der Waals surface area contributed by atoms with Crippen LogP contribution in [0, 0.1) is 6.92 Å². The van der Waals surface area contributed by atoms with Crippen molar-refractivity contribution in [2.75, 3.05) is 6.54 Å². The van der Waals surface area contributed by atoms with Gasteiger partial charge in [-0.25, -0.2) is 4.98 Å². The van der Waals surface area contributed by atoms with Crippen LogP contribution in [0.3, 0.4) is 0 Å². The lowest BCUT2D eigenvalue weighted by molar-refractivity contribution is -0.122. The monoisotopic (exact) mass is 331 g/mol. The molecule has 2 aromatic rings. The van der Waals surface area contributed by atoms with Crippen molar-refractivity contribution in [3.05, 3.63) is 40.4 Å². The van der Waals surface area contributed by atoms with Crippen LogP contribution in [0.15, 0.2) is 29.3 Å². The average Bonchev–Trinajstić information content (AvgIpc) is 2.59. The predicted molar refractivity (Wildman–Crippen MR) is 93.9 cm³/mol. The highest BCUT2D eigenvalue weighted by molar-refractivity contribution is 5.80. The highest BCUT2D eigenvalue weighted by Gasteiger charge is 2.22. The Kier molecular flexibility index (Phi) is 5.72. The minimum absolute atomic E-state index is 0.143. The van der Waals surface area contributed by atoms with E-state index in [1.165, 1.54) is 10.9 Å². The smallest absolute Gasteiger partial charge is 0.261 e. The van der Waals surface area contributed by atoms with Crippen LogP contribution in [0.25, 0.3) is 10.9 Å². The van der Waals surface area contributed by atoms with Crippen LogP contribution in [0.4, 0.5) is 0 Å². The van der Waals surface area contributed by atoms with Gasteiger partial charge >= 0.3 is 0 Å². The molecule has 0 radical (unpaired) electrons. The largest absolute Gasteiger partial charge is 0.388 e. The number of aryl methyl sites for hydroxylation is 2. The highest BCUT2D eigenvalue weighted by Crippen LogP contribution is 2.13. The Morgan fingerprint density at radius 3 is 2.71 bits per heavy atom. The van der Waals surface area contributed by atoms with Gasteiger partial charge in [-0.2, -0.15) is 0 Å². The van der Waals surface area contributed by atoms with Gasteiger partial charge in [0.05, 0.1) is 22.8 Å². The van der Waals surface area contributed by atoms with Crippen LogP contribution >= 0.6 is 0 Å². The quantitative estimate of drug-likeness (QED) is 0.810. The number of hydrogen-bond donors (Lipinski definition) is 2. The lowest BCUT2D eigenvalue weighted by Gasteiger charge is -2.25. The normalized spacial score (nSPS) is 11.7. The predicted octanol–water partition coefficient (Wildman–Crippen LogP) is 1.76. The van der Waals surface area contributed by atoms with Gasteiger partial charge in [0.2, 0.25) is 5.91 Å². The molecule has 0 atom stereocenters. The Morgan fingerprint density at radius 1 is 1.33 bits per heavy atom. The number of rotatable bonds is 7. The first-order chi connectivity index (χ1) is 11.4. The molecule has 1 aromatic carbocycles. The molecule has 2 rings (SSSR count). The summed E-state index contributed by atoms with van der Waals surface area (Å²) < 4.78 is 1.45. The second kappa shape index (κ2) is 7.57. The summed E-state index contributed by atoms with van der Waals surface area (Å²) in [4.78, 5) is 28.7. The van der Waals surface area contributed by atoms with E-state index in [4.69, 9.17) is 0 Å². The summed E-state index contributed by atoms with van der Waals surface area (Å²) in [5, 5.41) is 13.5. The van der Waals surface area contributed by atoms with Gasteiger partial charge in [-0.3, -0.25) is 14.2 Å². The first kappa shape index (κ1) is 18.1. The van der Waals surface area contributed by atoms with Crippen molar-refractivity contribution in [3.8, 4) is 0 Å². The molecule has 6 heteroatoms. The summed E-state index contributed by atoms with van der Waals surface area (Å²) in [7, 11) is 0. The number of benzene rings is 1. The van der Waals surface area contributed by atoms with E-state index in [0.717, 1.165) is 5.56 Å². The molecule has 0 aliphatic carbocycles. The van der Waals surface area contributed by atoms with Gasteiger partial charge in [-0.15, -0.1) is 0 Å². The summed E-state index contributed by atoms with van der Waals surface area (Å²) >= 11 is 0. The molecule has 0 saturated carbocycles. The number of hydrogen-bond acceptors (Lipinski definition) is 4. The molecule has 0 aliphatic heterocycles. The number of carbonyl (C=O) groups excluding carboxylic acids is 1. The van der Waals surface area contributed by atoms with Crippen molar-refractivity contribution in [1.82, 2.24) is 14.9 Å². The Morgan fingerprint density at radius 2 is 2.04 bits per heavy atom. The van der Waals surface area contributed by atoms with E-state index in [2.05, 4.69) is 10.3 Å². The fraction of sp³-hybridized carbons (Fsp3) is 0.500. The van der Waals surface area contributed by atoms with Gasteiger partial charge in [0.15, 0.2) is 0 Å². The first-order valence-corrected chi connectivity index (χ1v) is 8.34. The third kappa shape index (κ3) is 4.00. The van der Waals surface area contributed by atoms with Crippen molar-refractivity contribution in [3.63, 3.8) is 0 Å². The van der Waals surface area contributed by atoms with Crippen molar-refractivity contribution in [2.45, 2.75) is 52.2 Å². The van der Waals surface area contributed by atoms with Crippen LogP contribution in [0.1, 0.15) is 38.7 Å². The Labute approximate surface area is 141 Å². The highest BCUT2D eigenvalue weighted by atomic mass is 16.3. The maximum Gasteiger partial charge on any atom is 0.261 e. The molecule has 0 saturated heterocycles. The minimum atomic E-state index is -0.867. The van der Waals surface area contributed by atoms with E-state index in [0.29, 0.717) is 23.7 Å². The maximum atomic E-state index is 12.5. The molecule has 0 bridgehead atoms. The van der Waals surface area contributed by atoms with E-state index < -0.39 is 5.60 Å². The topological polar surface area (TPSA) is 84.2 Å². The fourth-order valence-electron chi connectivity index (χ4n) is 2.57. The van der Waals surface area contributed by atoms with Gasteiger partial charge in [-0.05, 0) is 31.4 Å². The van der Waals surface area contributed by atoms with Crippen LogP contribution in [0.5, 0.6) is 0 Å². The Hall–Kier alpha value is -2.21. The molecule has 130 valence electrons. The summed E-state index contributed by atoms with van der Waals surface area (Å²) in [6.45, 7) is 6.17. The summed E-state index contributed by atoms with van der Waals surface area (Å²) in [6.07, 6.45) is 2.82. The number of amides is 1. The molecule has 0 spiro atoms. The summed E-state index contributed by atoms with van der Waals surface area (Å²) in [5.74, 6) is -0.188. The van der Waals surface area contributed by atoms with Crippen LogP contribution in [-0.4, -0.2) is 32.7 Å². The molecule has 0 fully saturated rings. The van der Waals surface area contributed by atoms with Crippen molar-refractivity contribution < 1.29 is 9.90 Å². The van der Waals surface area contributed by atoms with Gasteiger partial charge < -0.3 is 10.4 Å². The van der Waals surface area contributed by atoms with Crippen molar-refractivity contribution >= 4 is 16.8 Å². The van der Waals surface area contributed by atoms with E-state index >= 15 is 0 Å².